The van der Waals surface area contributed by atoms with Crippen LogP contribution in [0.3, 0.4) is 0 Å². The number of unbranched alkanes of at least 4 members (excludes halogenated alkanes) is 1. The zero-order valence-corrected chi connectivity index (χ0v) is 11.3. The SMILES string of the molecule is N#CCCCS(=O)(=O)CC(=O)NCc1ccccc1. The molecule has 0 radical (unpaired) electrons. The van der Waals surface area contributed by atoms with Crippen LogP contribution in [0.15, 0.2) is 30.3 Å². The van der Waals surface area contributed by atoms with E-state index < -0.39 is 21.5 Å². The molecule has 102 valence electrons. The molecule has 1 aromatic rings. The van der Waals surface area contributed by atoms with Gasteiger partial charge >= 0.3 is 0 Å². The molecule has 0 aliphatic rings. The molecule has 5 nitrogen and oxygen atoms in total. The van der Waals surface area contributed by atoms with Gasteiger partial charge in [-0.25, -0.2) is 8.42 Å². The van der Waals surface area contributed by atoms with E-state index in [4.69, 9.17) is 5.26 Å². The number of amides is 1. The second-order valence-corrected chi connectivity index (χ2v) is 6.30. The summed E-state index contributed by atoms with van der Waals surface area (Å²) in [6.07, 6.45) is 0.454. The summed E-state index contributed by atoms with van der Waals surface area (Å²) in [5.74, 6) is -1.16. The van der Waals surface area contributed by atoms with Gasteiger partial charge in [-0.2, -0.15) is 5.26 Å². The summed E-state index contributed by atoms with van der Waals surface area (Å²) in [6, 6.07) is 11.1. The highest BCUT2D eigenvalue weighted by atomic mass is 32.2. The maximum absolute atomic E-state index is 11.6. The molecule has 1 aromatic carbocycles. The molecule has 1 N–H and O–H groups in total. The number of hydrogen-bond acceptors (Lipinski definition) is 4. The molecule has 0 fully saturated rings. The molecule has 0 heterocycles. The summed E-state index contributed by atoms with van der Waals surface area (Å²) in [6.45, 7) is 0.313. The van der Waals surface area contributed by atoms with Crippen molar-refractivity contribution >= 4 is 15.7 Å². The summed E-state index contributed by atoms with van der Waals surface area (Å²) >= 11 is 0. The minimum atomic E-state index is -3.42. The van der Waals surface area contributed by atoms with Crippen molar-refractivity contribution in [2.45, 2.75) is 19.4 Å². The van der Waals surface area contributed by atoms with Gasteiger partial charge in [-0.05, 0) is 12.0 Å². The molecule has 0 spiro atoms. The van der Waals surface area contributed by atoms with Crippen molar-refractivity contribution in [2.75, 3.05) is 11.5 Å². The first kappa shape index (κ1) is 15.2. The normalized spacial score (nSPS) is 10.7. The third-order valence-corrected chi connectivity index (χ3v) is 4.04. The number of rotatable bonds is 7. The first-order valence-corrected chi connectivity index (χ1v) is 7.73. The number of nitrogens with zero attached hydrogens (tertiary/aromatic N) is 1. The van der Waals surface area contributed by atoms with Crippen LogP contribution < -0.4 is 5.32 Å². The fraction of sp³-hybridized carbons (Fsp3) is 0.385. The minimum Gasteiger partial charge on any atom is -0.351 e. The van der Waals surface area contributed by atoms with Crippen LogP contribution in [0.1, 0.15) is 18.4 Å². The van der Waals surface area contributed by atoms with E-state index in [0.717, 1.165) is 5.56 Å². The van der Waals surface area contributed by atoms with Crippen molar-refractivity contribution in [3.8, 4) is 6.07 Å². The third kappa shape index (κ3) is 6.58. The fourth-order valence-corrected chi connectivity index (χ4v) is 2.72. The molecule has 0 atom stereocenters. The predicted octanol–water partition coefficient (Wildman–Crippen LogP) is 1.02. The van der Waals surface area contributed by atoms with Crippen LogP contribution in [0.2, 0.25) is 0 Å². The van der Waals surface area contributed by atoms with Gasteiger partial charge in [-0.15, -0.1) is 0 Å². The molecule has 1 rings (SSSR count). The number of sulfone groups is 1. The summed E-state index contributed by atoms with van der Waals surface area (Å²) < 4.78 is 23.1. The number of nitrogens with one attached hydrogen (secondary N) is 1. The third-order valence-electron chi connectivity index (χ3n) is 2.43. The Balaban J connectivity index is 2.37. The molecule has 0 aliphatic carbocycles. The van der Waals surface area contributed by atoms with E-state index in [2.05, 4.69) is 5.32 Å². The quantitative estimate of drug-likeness (QED) is 0.755. The lowest BCUT2D eigenvalue weighted by atomic mass is 10.2. The highest BCUT2D eigenvalue weighted by molar-refractivity contribution is 7.92. The van der Waals surface area contributed by atoms with Crippen molar-refractivity contribution in [2.24, 2.45) is 0 Å². The Hall–Kier alpha value is -1.87. The van der Waals surface area contributed by atoms with E-state index in [-0.39, 0.29) is 18.6 Å². The van der Waals surface area contributed by atoms with Crippen molar-refractivity contribution in [1.82, 2.24) is 5.32 Å². The van der Waals surface area contributed by atoms with E-state index in [1.807, 2.05) is 36.4 Å². The average Bonchev–Trinajstić information content (AvgIpc) is 2.37. The first-order chi connectivity index (χ1) is 9.03. The Labute approximate surface area is 113 Å². The monoisotopic (exact) mass is 280 g/mol. The van der Waals surface area contributed by atoms with Gasteiger partial charge in [0.25, 0.3) is 0 Å². The molecule has 0 aliphatic heterocycles. The standard InChI is InChI=1S/C13H16N2O3S/c14-8-4-5-9-19(17,18)11-13(16)15-10-12-6-2-1-3-7-12/h1-3,6-7H,4-5,9-11H2,(H,15,16). The largest absolute Gasteiger partial charge is 0.351 e. The highest BCUT2D eigenvalue weighted by Crippen LogP contribution is 1.99. The molecule has 0 aromatic heterocycles. The van der Waals surface area contributed by atoms with Crippen LogP contribution in [0, 0.1) is 11.3 Å². The average molecular weight is 280 g/mol. The molecule has 19 heavy (non-hydrogen) atoms. The van der Waals surface area contributed by atoms with Crippen molar-refractivity contribution in [1.29, 1.82) is 5.26 Å². The molecule has 0 saturated carbocycles. The number of nitriles is 1. The Morgan fingerprint density at radius 3 is 2.58 bits per heavy atom. The maximum atomic E-state index is 11.6. The van der Waals surface area contributed by atoms with Crippen molar-refractivity contribution in [3.63, 3.8) is 0 Å². The zero-order valence-electron chi connectivity index (χ0n) is 10.5. The number of benzene rings is 1. The Morgan fingerprint density at radius 1 is 1.26 bits per heavy atom. The van der Waals surface area contributed by atoms with Gasteiger partial charge < -0.3 is 5.32 Å². The second-order valence-electron chi connectivity index (χ2n) is 4.12. The van der Waals surface area contributed by atoms with E-state index in [9.17, 15) is 13.2 Å². The van der Waals surface area contributed by atoms with Gasteiger partial charge in [0.1, 0.15) is 5.75 Å². The summed E-state index contributed by atoms with van der Waals surface area (Å²) in [4.78, 5) is 11.5. The van der Waals surface area contributed by atoms with E-state index in [1.165, 1.54) is 0 Å². The molecule has 6 heteroatoms. The van der Waals surface area contributed by atoms with Crippen LogP contribution in [0.4, 0.5) is 0 Å². The molecular weight excluding hydrogens is 264 g/mol. The van der Waals surface area contributed by atoms with Crippen molar-refractivity contribution < 1.29 is 13.2 Å². The van der Waals surface area contributed by atoms with Gasteiger partial charge in [-0.1, -0.05) is 30.3 Å². The lowest BCUT2D eigenvalue weighted by molar-refractivity contribution is -0.118. The Kier molecular flexibility index (Phi) is 6.03. The number of hydrogen-bond donors (Lipinski definition) is 1. The first-order valence-electron chi connectivity index (χ1n) is 5.91. The summed E-state index contributed by atoms with van der Waals surface area (Å²) in [7, 11) is -3.42. The van der Waals surface area contributed by atoms with Gasteiger partial charge in [0.05, 0.1) is 11.8 Å². The number of carbonyl (C=O) groups excluding carboxylic acids is 1. The van der Waals surface area contributed by atoms with Crippen LogP contribution >= 0.6 is 0 Å². The lowest BCUT2D eigenvalue weighted by Gasteiger charge is -2.06. The van der Waals surface area contributed by atoms with Crippen molar-refractivity contribution in [3.05, 3.63) is 35.9 Å². The minimum absolute atomic E-state index is 0.126. The van der Waals surface area contributed by atoms with Gasteiger partial charge in [0.2, 0.25) is 5.91 Å². The van der Waals surface area contributed by atoms with Crippen LogP contribution in [0.5, 0.6) is 0 Å². The van der Waals surface area contributed by atoms with Gasteiger partial charge in [0, 0.05) is 13.0 Å². The topological polar surface area (TPSA) is 87.0 Å². The molecule has 0 bridgehead atoms. The summed E-state index contributed by atoms with van der Waals surface area (Å²) in [5.41, 5.74) is 0.915. The van der Waals surface area contributed by atoms with Crippen LogP contribution in [0.25, 0.3) is 0 Å². The van der Waals surface area contributed by atoms with Gasteiger partial charge in [0.15, 0.2) is 9.84 Å². The second kappa shape index (κ2) is 7.54. The smallest absolute Gasteiger partial charge is 0.235 e. The zero-order chi connectivity index (χ0) is 14.1. The fourth-order valence-electron chi connectivity index (χ4n) is 1.49. The molecule has 0 saturated heterocycles. The Morgan fingerprint density at radius 2 is 1.95 bits per heavy atom. The molecule has 0 unspecified atom stereocenters. The van der Waals surface area contributed by atoms with Crippen LogP contribution in [-0.2, 0) is 21.2 Å². The van der Waals surface area contributed by atoms with E-state index in [1.54, 1.807) is 0 Å². The number of carbonyl (C=O) groups is 1. The summed E-state index contributed by atoms with van der Waals surface area (Å²) in [5, 5.41) is 10.9. The Bertz CT molecular complexity index is 547. The molecule has 1 amide bonds. The maximum Gasteiger partial charge on any atom is 0.235 e. The highest BCUT2D eigenvalue weighted by Gasteiger charge is 2.15. The van der Waals surface area contributed by atoms with E-state index >= 15 is 0 Å². The molecular formula is C13H16N2O3S. The lowest BCUT2D eigenvalue weighted by Crippen LogP contribution is -2.30. The van der Waals surface area contributed by atoms with Gasteiger partial charge in [-0.3, -0.25) is 4.79 Å². The predicted molar refractivity (Wildman–Crippen MR) is 71.8 cm³/mol. The van der Waals surface area contributed by atoms with E-state index in [0.29, 0.717) is 6.54 Å². The van der Waals surface area contributed by atoms with Crippen LogP contribution in [-0.4, -0.2) is 25.8 Å².